The van der Waals surface area contributed by atoms with Gasteiger partial charge in [0.15, 0.2) is 0 Å². The number of rotatable bonds is 6. The maximum Gasteiger partial charge on any atom is 0.381 e. The van der Waals surface area contributed by atoms with E-state index < -0.39 is 4.92 Å². The summed E-state index contributed by atoms with van der Waals surface area (Å²) in [5.74, 6) is 1.32. The monoisotopic (exact) mass is 263 g/mol. The predicted molar refractivity (Wildman–Crippen MR) is 67.4 cm³/mol. The normalized spacial score (nSPS) is 10.2. The van der Waals surface area contributed by atoms with Gasteiger partial charge in [-0.25, -0.2) is 0 Å². The summed E-state index contributed by atoms with van der Waals surface area (Å²) in [5.41, 5.74) is 0. The van der Waals surface area contributed by atoms with Crippen molar-refractivity contribution in [3.05, 3.63) is 46.9 Å². The van der Waals surface area contributed by atoms with Crippen LogP contribution in [0, 0.1) is 10.1 Å². The third kappa shape index (κ3) is 3.44. The van der Waals surface area contributed by atoms with E-state index >= 15 is 0 Å². The lowest BCUT2D eigenvalue weighted by Gasteiger charge is -2.06. The molecule has 0 bridgehead atoms. The first-order valence-corrected chi connectivity index (χ1v) is 5.62. The van der Waals surface area contributed by atoms with E-state index in [9.17, 15) is 10.1 Å². The fraction of sp³-hybridized carbons (Fsp3) is 0.250. The molecular weight excluding hydrogens is 250 g/mol. The average Bonchev–Trinajstić information content (AvgIpc) is 2.89. The molecule has 7 heteroatoms. The predicted octanol–water partition coefficient (Wildman–Crippen LogP) is 1.88. The first kappa shape index (κ1) is 12.9. The van der Waals surface area contributed by atoms with Crippen LogP contribution in [0.15, 0.2) is 36.8 Å². The Bertz CT molecular complexity index is 550. The molecule has 0 N–H and O–H groups in total. The zero-order valence-electron chi connectivity index (χ0n) is 10.4. The van der Waals surface area contributed by atoms with E-state index in [1.165, 1.54) is 12.5 Å². The van der Waals surface area contributed by atoms with Crippen molar-refractivity contribution in [2.75, 3.05) is 13.7 Å². The third-order valence-electron chi connectivity index (χ3n) is 2.48. The molecule has 0 saturated heterocycles. The molecule has 19 heavy (non-hydrogen) atoms. The van der Waals surface area contributed by atoms with Crippen LogP contribution in [0.5, 0.6) is 11.5 Å². The molecule has 0 aliphatic carbocycles. The molecule has 0 amide bonds. The molecule has 0 aliphatic rings. The van der Waals surface area contributed by atoms with Gasteiger partial charge in [-0.15, -0.1) is 0 Å². The van der Waals surface area contributed by atoms with Crippen molar-refractivity contribution in [2.45, 2.75) is 6.54 Å². The quantitative estimate of drug-likeness (QED) is 0.587. The zero-order valence-corrected chi connectivity index (χ0v) is 10.4. The Hall–Kier alpha value is -2.57. The van der Waals surface area contributed by atoms with E-state index in [0.29, 0.717) is 13.2 Å². The summed E-state index contributed by atoms with van der Waals surface area (Å²) in [7, 11) is 1.60. The molecule has 2 rings (SSSR count). The fourth-order valence-electron chi connectivity index (χ4n) is 1.51. The summed E-state index contributed by atoms with van der Waals surface area (Å²) < 4.78 is 12.2. The maximum absolute atomic E-state index is 10.5. The van der Waals surface area contributed by atoms with Crippen LogP contribution in [-0.4, -0.2) is 28.2 Å². The Kier molecular flexibility index (Phi) is 3.97. The SMILES string of the molecule is COc1ccc(OCCn2cnc([N+](=O)[O-])c2)cc1. The molecule has 0 radical (unpaired) electrons. The minimum Gasteiger partial charge on any atom is -0.497 e. The molecule has 0 fully saturated rings. The van der Waals surface area contributed by atoms with E-state index in [1.807, 2.05) is 0 Å². The van der Waals surface area contributed by atoms with E-state index in [2.05, 4.69) is 4.98 Å². The number of hydrogen-bond acceptors (Lipinski definition) is 5. The Labute approximate surface area is 109 Å². The molecule has 1 aromatic heterocycles. The van der Waals surface area contributed by atoms with Crippen LogP contribution >= 0.6 is 0 Å². The minimum atomic E-state index is -0.527. The molecule has 100 valence electrons. The number of hydrogen-bond donors (Lipinski definition) is 0. The van der Waals surface area contributed by atoms with Gasteiger partial charge in [0.2, 0.25) is 6.33 Å². The number of methoxy groups -OCH3 is 1. The number of nitro groups is 1. The summed E-state index contributed by atoms with van der Waals surface area (Å²) >= 11 is 0. The van der Waals surface area contributed by atoms with Crippen molar-refractivity contribution in [3.63, 3.8) is 0 Å². The number of imidazole rings is 1. The Morgan fingerprint density at radius 2 is 2.00 bits per heavy atom. The second kappa shape index (κ2) is 5.85. The second-order valence-corrected chi connectivity index (χ2v) is 3.75. The Balaban J connectivity index is 1.83. The molecule has 0 aliphatic heterocycles. The number of ether oxygens (including phenoxy) is 2. The van der Waals surface area contributed by atoms with Gasteiger partial charge in [-0.2, -0.15) is 0 Å². The van der Waals surface area contributed by atoms with E-state index in [0.717, 1.165) is 11.5 Å². The largest absolute Gasteiger partial charge is 0.497 e. The molecule has 0 unspecified atom stereocenters. The molecule has 2 aromatic rings. The summed E-state index contributed by atoms with van der Waals surface area (Å²) in [6, 6.07) is 7.21. The fourth-order valence-corrected chi connectivity index (χ4v) is 1.51. The lowest BCUT2D eigenvalue weighted by molar-refractivity contribution is -0.389. The van der Waals surface area contributed by atoms with Gasteiger partial charge in [0.05, 0.1) is 13.7 Å². The minimum absolute atomic E-state index is 0.163. The zero-order chi connectivity index (χ0) is 13.7. The number of benzene rings is 1. The second-order valence-electron chi connectivity index (χ2n) is 3.75. The van der Waals surface area contributed by atoms with E-state index in [1.54, 1.807) is 35.9 Å². The first-order chi connectivity index (χ1) is 9.19. The highest BCUT2D eigenvalue weighted by Crippen LogP contribution is 2.17. The van der Waals surface area contributed by atoms with Crippen LogP contribution in [0.25, 0.3) is 0 Å². The molecule has 0 spiro atoms. The summed E-state index contributed by atoms with van der Waals surface area (Å²) in [5, 5.41) is 10.5. The van der Waals surface area contributed by atoms with Crippen LogP contribution in [0.3, 0.4) is 0 Å². The molecule has 7 nitrogen and oxygen atoms in total. The third-order valence-corrected chi connectivity index (χ3v) is 2.48. The van der Waals surface area contributed by atoms with Crippen molar-refractivity contribution in [1.29, 1.82) is 0 Å². The summed E-state index contributed by atoms with van der Waals surface area (Å²) in [6.45, 7) is 0.896. The van der Waals surface area contributed by atoms with Gasteiger partial charge in [0.1, 0.15) is 24.3 Å². The van der Waals surface area contributed by atoms with Crippen LogP contribution in [-0.2, 0) is 6.54 Å². The van der Waals surface area contributed by atoms with Gasteiger partial charge in [0.25, 0.3) is 0 Å². The van der Waals surface area contributed by atoms with Gasteiger partial charge in [-0.05, 0) is 34.2 Å². The molecule has 1 heterocycles. The lowest BCUT2D eigenvalue weighted by atomic mass is 10.3. The summed E-state index contributed by atoms with van der Waals surface area (Å²) in [6.07, 6.45) is 2.78. The average molecular weight is 263 g/mol. The topological polar surface area (TPSA) is 79.4 Å². The molecule has 0 saturated carbocycles. The van der Waals surface area contributed by atoms with Gasteiger partial charge >= 0.3 is 5.82 Å². The van der Waals surface area contributed by atoms with Gasteiger partial charge in [0, 0.05) is 0 Å². The highest BCUT2D eigenvalue weighted by molar-refractivity contribution is 5.31. The van der Waals surface area contributed by atoms with Gasteiger partial charge < -0.3 is 24.2 Å². The summed E-state index contributed by atoms with van der Waals surface area (Å²) in [4.78, 5) is 13.6. The van der Waals surface area contributed by atoms with Crippen LogP contribution in [0.2, 0.25) is 0 Å². The molecular formula is C12H13N3O4. The highest BCUT2D eigenvalue weighted by Gasteiger charge is 2.09. The van der Waals surface area contributed by atoms with Crippen molar-refractivity contribution in [2.24, 2.45) is 0 Å². The standard InChI is InChI=1S/C12H13N3O4/c1-18-10-2-4-11(5-3-10)19-7-6-14-8-12(13-9-14)15(16)17/h2-5,8-9H,6-7H2,1H3. The highest BCUT2D eigenvalue weighted by atomic mass is 16.6. The van der Waals surface area contributed by atoms with Crippen LogP contribution in [0.1, 0.15) is 0 Å². The smallest absolute Gasteiger partial charge is 0.381 e. The van der Waals surface area contributed by atoms with Crippen LogP contribution < -0.4 is 9.47 Å². The van der Waals surface area contributed by atoms with Crippen molar-refractivity contribution in [1.82, 2.24) is 9.55 Å². The Morgan fingerprint density at radius 3 is 2.58 bits per heavy atom. The van der Waals surface area contributed by atoms with Crippen molar-refractivity contribution >= 4 is 5.82 Å². The number of aromatic nitrogens is 2. The van der Waals surface area contributed by atoms with Gasteiger partial charge in [-0.3, -0.25) is 0 Å². The number of nitrogens with zero attached hydrogens (tertiary/aromatic N) is 3. The van der Waals surface area contributed by atoms with Crippen molar-refractivity contribution < 1.29 is 14.4 Å². The molecule has 0 atom stereocenters. The van der Waals surface area contributed by atoms with E-state index in [-0.39, 0.29) is 5.82 Å². The van der Waals surface area contributed by atoms with Crippen molar-refractivity contribution in [3.8, 4) is 11.5 Å². The first-order valence-electron chi connectivity index (χ1n) is 5.62. The lowest BCUT2D eigenvalue weighted by Crippen LogP contribution is -2.06. The maximum atomic E-state index is 10.5. The molecule has 1 aromatic carbocycles. The van der Waals surface area contributed by atoms with E-state index in [4.69, 9.17) is 9.47 Å². The Morgan fingerprint density at radius 1 is 1.32 bits per heavy atom. The van der Waals surface area contributed by atoms with Gasteiger partial charge in [-0.1, -0.05) is 0 Å². The van der Waals surface area contributed by atoms with Crippen LogP contribution in [0.4, 0.5) is 5.82 Å².